The highest BCUT2D eigenvalue weighted by Crippen LogP contribution is 2.32. The molecule has 2 aliphatic rings. The number of likely N-dealkylation sites (N-methyl/N-ethyl adjacent to an activating group) is 2. The molecule has 1 amide bonds. The van der Waals surface area contributed by atoms with Crippen LogP contribution in [0.5, 0.6) is 0 Å². The Kier molecular flexibility index (Phi) is 3.22. The van der Waals surface area contributed by atoms with Crippen molar-refractivity contribution >= 4 is 23.1 Å². The SMILES string of the molecule is CCN1CCN(c2ccc3c(c2)N(C)C(=O)C3=O)CC1. The lowest BCUT2D eigenvalue weighted by Gasteiger charge is -2.35. The minimum atomic E-state index is -0.437. The minimum Gasteiger partial charge on any atom is -0.369 e. The molecule has 0 spiro atoms. The van der Waals surface area contributed by atoms with Crippen LogP contribution in [0.2, 0.25) is 0 Å². The van der Waals surface area contributed by atoms with Crippen LogP contribution in [0, 0.1) is 0 Å². The lowest BCUT2D eigenvalue weighted by atomic mass is 10.1. The Labute approximate surface area is 118 Å². The molecule has 2 aliphatic heterocycles. The number of carbonyl (C=O) groups excluding carboxylic acids is 2. The lowest BCUT2D eigenvalue weighted by Crippen LogP contribution is -2.46. The molecule has 1 aromatic rings. The summed E-state index contributed by atoms with van der Waals surface area (Å²) >= 11 is 0. The first-order valence-electron chi connectivity index (χ1n) is 7.05. The van der Waals surface area contributed by atoms with Crippen molar-refractivity contribution in [2.45, 2.75) is 6.92 Å². The van der Waals surface area contributed by atoms with Crippen LogP contribution in [0.25, 0.3) is 0 Å². The van der Waals surface area contributed by atoms with Gasteiger partial charge >= 0.3 is 0 Å². The molecule has 0 aromatic heterocycles. The van der Waals surface area contributed by atoms with E-state index in [2.05, 4.69) is 16.7 Å². The molecule has 0 bridgehead atoms. The van der Waals surface area contributed by atoms with Crippen LogP contribution in [0.3, 0.4) is 0 Å². The quantitative estimate of drug-likeness (QED) is 0.754. The molecule has 0 atom stereocenters. The van der Waals surface area contributed by atoms with E-state index in [1.807, 2.05) is 12.1 Å². The van der Waals surface area contributed by atoms with Gasteiger partial charge in [-0.15, -0.1) is 0 Å². The molecule has 5 heteroatoms. The summed E-state index contributed by atoms with van der Waals surface area (Å²) in [7, 11) is 1.66. The highest BCUT2D eigenvalue weighted by Gasteiger charge is 2.33. The van der Waals surface area contributed by atoms with Gasteiger partial charge in [0.25, 0.3) is 11.7 Å². The molecule has 106 valence electrons. The van der Waals surface area contributed by atoms with Gasteiger partial charge in [-0.1, -0.05) is 6.92 Å². The van der Waals surface area contributed by atoms with Crippen molar-refractivity contribution in [2.24, 2.45) is 0 Å². The van der Waals surface area contributed by atoms with Gasteiger partial charge in [-0.05, 0) is 24.7 Å². The van der Waals surface area contributed by atoms with E-state index in [1.54, 1.807) is 13.1 Å². The molecule has 0 saturated carbocycles. The van der Waals surface area contributed by atoms with Crippen molar-refractivity contribution in [3.8, 4) is 0 Å². The summed E-state index contributed by atoms with van der Waals surface area (Å²) in [6.07, 6.45) is 0. The van der Waals surface area contributed by atoms with E-state index in [9.17, 15) is 9.59 Å². The van der Waals surface area contributed by atoms with E-state index in [1.165, 1.54) is 4.90 Å². The molecule has 1 aromatic carbocycles. The van der Waals surface area contributed by atoms with Crippen molar-refractivity contribution in [3.05, 3.63) is 23.8 Å². The van der Waals surface area contributed by atoms with Crippen LogP contribution in [0.15, 0.2) is 18.2 Å². The first-order chi connectivity index (χ1) is 9.61. The molecule has 0 aliphatic carbocycles. The summed E-state index contributed by atoms with van der Waals surface area (Å²) < 4.78 is 0. The fourth-order valence-corrected chi connectivity index (χ4v) is 2.89. The maximum Gasteiger partial charge on any atom is 0.299 e. The van der Waals surface area contributed by atoms with E-state index in [0.717, 1.165) is 44.1 Å². The van der Waals surface area contributed by atoms with Crippen molar-refractivity contribution < 1.29 is 9.59 Å². The van der Waals surface area contributed by atoms with Gasteiger partial charge < -0.3 is 14.7 Å². The maximum absolute atomic E-state index is 11.8. The molecule has 0 unspecified atom stereocenters. The molecular formula is C15H19N3O2. The molecular weight excluding hydrogens is 254 g/mol. The van der Waals surface area contributed by atoms with Crippen molar-refractivity contribution in [1.29, 1.82) is 0 Å². The minimum absolute atomic E-state index is 0.398. The summed E-state index contributed by atoms with van der Waals surface area (Å²) in [6.45, 7) is 7.35. The second-order valence-electron chi connectivity index (χ2n) is 5.32. The number of rotatable bonds is 2. The monoisotopic (exact) mass is 273 g/mol. The molecule has 20 heavy (non-hydrogen) atoms. The van der Waals surface area contributed by atoms with Crippen LogP contribution in [-0.4, -0.2) is 56.4 Å². The standard InChI is InChI=1S/C15H19N3O2/c1-3-17-6-8-18(9-7-17)11-4-5-12-13(10-11)16(2)15(20)14(12)19/h4-5,10H,3,6-9H2,1-2H3. The number of hydrogen-bond acceptors (Lipinski definition) is 4. The number of ketones is 1. The first kappa shape index (κ1) is 13.1. The Morgan fingerprint density at radius 1 is 1.10 bits per heavy atom. The third kappa shape index (κ3) is 1.98. The Morgan fingerprint density at radius 2 is 1.80 bits per heavy atom. The predicted molar refractivity (Wildman–Crippen MR) is 78.5 cm³/mol. The number of amides is 1. The topological polar surface area (TPSA) is 43.9 Å². The molecule has 5 nitrogen and oxygen atoms in total. The van der Waals surface area contributed by atoms with Gasteiger partial charge in [-0.3, -0.25) is 9.59 Å². The third-order valence-electron chi connectivity index (χ3n) is 4.27. The Morgan fingerprint density at radius 3 is 2.45 bits per heavy atom. The van der Waals surface area contributed by atoms with E-state index in [0.29, 0.717) is 5.56 Å². The van der Waals surface area contributed by atoms with Crippen molar-refractivity contribution in [2.75, 3.05) is 49.6 Å². The molecule has 0 radical (unpaired) electrons. The van der Waals surface area contributed by atoms with E-state index in [-0.39, 0.29) is 0 Å². The number of fused-ring (bicyclic) bond motifs is 1. The molecule has 1 fully saturated rings. The molecule has 3 rings (SSSR count). The molecule has 0 N–H and O–H groups in total. The fourth-order valence-electron chi connectivity index (χ4n) is 2.89. The number of benzene rings is 1. The zero-order valence-electron chi connectivity index (χ0n) is 11.9. The number of anilines is 2. The Hall–Kier alpha value is -1.88. The first-order valence-corrected chi connectivity index (χ1v) is 7.05. The Bertz CT molecular complexity index is 562. The number of Topliss-reactive ketones (excluding diaryl/α,β-unsaturated/α-hetero) is 1. The van der Waals surface area contributed by atoms with E-state index in [4.69, 9.17) is 0 Å². The zero-order valence-corrected chi connectivity index (χ0v) is 11.9. The second-order valence-corrected chi connectivity index (χ2v) is 5.32. The van der Waals surface area contributed by atoms with Crippen molar-refractivity contribution in [1.82, 2.24) is 4.90 Å². The average Bonchev–Trinajstić information content (AvgIpc) is 2.72. The van der Waals surface area contributed by atoms with Crippen LogP contribution >= 0.6 is 0 Å². The summed E-state index contributed by atoms with van der Waals surface area (Å²) in [5, 5.41) is 0. The number of piperazine rings is 1. The van der Waals surface area contributed by atoms with Gasteiger partial charge in [-0.25, -0.2) is 0 Å². The van der Waals surface area contributed by atoms with Gasteiger partial charge in [-0.2, -0.15) is 0 Å². The summed E-state index contributed by atoms with van der Waals surface area (Å²) in [4.78, 5) is 29.6. The molecule has 2 heterocycles. The van der Waals surface area contributed by atoms with Gasteiger partial charge in [0.1, 0.15) is 0 Å². The van der Waals surface area contributed by atoms with Crippen LogP contribution in [-0.2, 0) is 4.79 Å². The third-order valence-corrected chi connectivity index (χ3v) is 4.27. The maximum atomic E-state index is 11.8. The molecule has 1 saturated heterocycles. The predicted octanol–water partition coefficient (Wildman–Crippen LogP) is 0.988. The van der Waals surface area contributed by atoms with E-state index >= 15 is 0 Å². The van der Waals surface area contributed by atoms with Crippen molar-refractivity contribution in [3.63, 3.8) is 0 Å². The van der Waals surface area contributed by atoms with E-state index < -0.39 is 11.7 Å². The summed E-state index contributed by atoms with van der Waals surface area (Å²) in [5.74, 6) is -0.835. The fraction of sp³-hybridized carbons (Fsp3) is 0.467. The number of nitrogens with zero attached hydrogens (tertiary/aromatic N) is 3. The number of carbonyl (C=O) groups is 2. The van der Waals surface area contributed by atoms with Crippen LogP contribution in [0.1, 0.15) is 17.3 Å². The highest BCUT2D eigenvalue weighted by atomic mass is 16.2. The summed E-state index contributed by atoms with van der Waals surface area (Å²) in [5.41, 5.74) is 2.35. The van der Waals surface area contributed by atoms with Gasteiger partial charge in [0.2, 0.25) is 0 Å². The van der Waals surface area contributed by atoms with Crippen LogP contribution < -0.4 is 9.80 Å². The number of hydrogen-bond donors (Lipinski definition) is 0. The van der Waals surface area contributed by atoms with Gasteiger partial charge in [0.05, 0.1) is 11.3 Å². The average molecular weight is 273 g/mol. The zero-order chi connectivity index (χ0) is 14.3. The lowest BCUT2D eigenvalue weighted by molar-refractivity contribution is -0.114. The highest BCUT2D eigenvalue weighted by molar-refractivity contribution is 6.52. The van der Waals surface area contributed by atoms with Gasteiger partial charge in [0.15, 0.2) is 0 Å². The largest absolute Gasteiger partial charge is 0.369 e. The Balaban J connectivity index is 1.84. The summed E-state index contributed by atoms with van der Waals surface area (Å²) in [6, 6.07) is 5.69. The second kappa shape index (κ2) is 4.90. The van der Waals surface area contributed by atoms with Gasteiger partial charge in [0, 0.05) is 38.9 Å². The smallest absolute Gasteiger partial charge is 0.299 e. The van der Waals surface area contributed by atoms with Crippen LogP contribution in [0.4, 0.5) is 11.4 Å². The normalized spacial score (nSPS) is 19.7.